The lowest BCUT2D eigenvalue weighted by atomic mass is 10.0. The summed E-state index contributed by atoms with van der Waals surface area (Å²) in [7, 11) is 1.68. The summed E-state index contributed by atoms with van der Waals surface area (Å²) < 4.78 is 17.3. The maximum Gasteiger partial charge on any atom is 0.321 e. The topological polar surface area (TPSA) is 130 Å². The normalized spacial score (nSPS) is 18.2. The monoisotopic (exact) mass is 602 g/mol. The summed E-state index contributed by atoms with van der Waals surface area (Å²) in [5.74, 6) is 1.16. The second kappa shape index (κ2) is 13.7. The molecule has 3 aromatic carbocycles. The summed E-state index contributed by atoms with van der Waals surface area (Å²) in [5.41, 5.74) is 2.61. The standard InChI is InChI=1S/C33H38N4O7/c1-21-17-37(22(2)19-38)32(40)15-24-14-25(34-31(39)13-23-7-5-4-6-8-23)9-11-27(24)44-30(21)18-36(3)33(41)35-26-10-12-28-29(16-26)43-20-42-28/h4-12,14,16,21-22,30,38H,13,15,17-20H2,1-3H3,(H,34,39)(H,35,41)/t21-,22-,30+/m1/s1. The minimum Gasteiger partial charge on any atom is -0.488 e. The molecule has 0 aliphatic carbocycles. The maximum atomic E-state index is 13.5. The smallest absolute Gasteiger partial charge is 0.321 e. The zero-order valence-electron chi connectivity index (χ0n) is 25.1. The third-order valence-corrected chi connectivity index (χ3v) is 7.83. The van der Waals surface area contributed by atoms with Crippen LogP contribution in [0, 0.1) is 5.92 Å². The van der Waals surface area contributed by atoms with Gasteiger partial charge < -0.3 is 39.8 Å². The summed E-state index contributed by atoms with van der Waals surface area (Å²) in [6.45, 7) is 4.26. The van der Waals surface area contributed by atoms with Crippen molar-refractivity contribution >= 4 is 29.2 Å². The number of aliphatic hydroxyl groups excluding tert-OH is 1. The number of nitrogens with one attached hydrogen (secondary N) is 2. The third-order valence-electron chi connectivity index (χ3n) is 7.83. The molecule has 0 bridgehead atoms. The van der Waals surface area contributed by atoms with E-state index in [4.69, 9.17) is 14.2 Å². The third kappa shape index (κ3) is 7.41. The van der Waals surface area contributed by atoms with E-state index in [0.717, 1.165) is 5.56 Å². The van der Waals surface area contributed by atoms with Gasteiger partial charge in [-0.05, 0) is 42.8 Å². The molecular weight excluding hydrogens is 564 g/mol. The minimum absolute atomic E-state index is 0.0297. The molecule has 3 N–H and O–H groups in total. The number of rotatable bonds is 8. The van der Waals surface area contributed by atoms with Crippen molar-refractivity contribution in [1.82, 2.24) is 9.80 Å². The second-order valence-electron chi connectivity index (χ2n) is 11.3. The molecule has 3 aromatic rings. The van der Waals surface area contributed by atoms with Crippen LogP contribution in [-0.4, -0.2) is 78.4 Å². The van der Waals surface area contributed by atoms with Gasteiger partial charge in [0.2, 0.25) is 18.6 Å². The van der Waals surface area contributed by atoms with Crippen molar-refractivity contribution in [2.45, 2.75) is 38.8 Å². The molecule has 3 atom stereocenters. The van der Waals surface area contributed by atoms with Crippen molar-refractivity contribution in [3.05, 3.63) is 77.9 Å². The van der Waals surface area contributed by atoms with Gasteiger partial charge in [-0.2, -0.15) is 0 Å². The molecule has 0 aromatic heterocycles. The van der Waals surface area contributed by atoms with Gasteiger partial charge in [0.05, 0.1) is 32.0 Å². The Labute approximate surface area is 256 Å². The zero-order valence-corrected chi connectivity index (χ0v) is 25.1. The highest BCUT2D eigenvalue weighted by Crippen LogP contribution is 2.34. The predicted molar refractivity (Wildman–Crippen MR) is 165 cm³/mol. The summed E-state index contributed by atoms with van der Waals surface area (Å²) in [6.07, 6.45) is -0.240. The van der Waals surface area contributed by atoms with Crippen LogP contribution in [0.1, 0.15) is 25.0 Å². The first kappa shape index (κ1) is 30.7. The summed E-state index contributed by atoms with van der Waals surface area (Å²) in [5, 5.41) is 15.7. The molecule has 0 unspecified atom stereocenters. The van der Waals surface area contributed by atoms with E-state index in [1.54, 1.807) is 55.3 Å². The molecule has 44 heavy (non-hydrogen) atoms. The van der Waals surface area contributed by atoms with Gasteiger partial charge in [-0.3, -0.25) is 9.59 Å². The fourth-order valence-corrected chi connectivity index (χ4v) is 5.26. The first-order valence-corrected chi connectivity index (χ1v) is 14.7. The number of carbonyl (C=O) groups excluding carboxylic acids is 3. The number of fused-ring (bicyclic) bond motifs is 2. The van der Waals surface area contributed by atoms with Crippen molar-refractivity contribution in [3.8, 4) is 17.2 Å². The molecule has 11 nitrogen and oxygen atoms in total. The summed E-state index contributed by atoms with van der Waals surface area (Å²) in [4.78, 5) is 42.6. The Bertz CT molecular complexity index is 1500. The molecule has 0 fully saturated rings. The van der Waals surface area contributed by atoms with Crippen molar-refractivity contribution in [2.24, 2.45) is 5.92 Å². The highest BCUT2D eigenvalue weighted by molar-refractivity contribution is 5.93. The Balaban J connectivity index is 1.34. The molecule has 4 amide bonds. The van der Waals surface area contributed by atoms with E-state index in [1.165, 1.54) is 4.90 Å². The number of urea groups is 1. The fourth-order valence-electron chi connectivity index (χ4n) is 5.26. The first-order chi connectivity index (χ1) is 21.2. The van der Waals surface area contributed by atoms with Crippen LogP contribution in [0.2, 0.25) is 0 Å². The number of nitrogens with zero attached hydrogens (tertiary/aromatic N) is 2. The average molecular weight is 603 g/mol. The van der Waals surface area contributed by atoms with Crippen LogP contribution < -0.4 is 24.8 Å². The SMILES string of the molecule is C[C@@H]1CN([C@H](C)CO)C(=O)Cc2cc(NC(=O)Cc3ccccc3)ccc2O[C@H]1CN(C)C(=O)Nc1ccc2c(c1)OCO2. The van der Waals surface area contributed by atoms with Crippen LogP contribution in [0.5, 0.6) is 17.2 Å². The number of benzene rings is 3. The van der Waals surface area contributed by atoms with Crippen LogP contribution in [0.15, 0.2) is 66.7 Å². The number of anilines is 2. The van der Waals surface area contributed by atoms with E-state index in [9.17, 15) is 19.5 Å². The number of aliphatic hydroxyl groups is 1. The van der Waals surface area contributed by atoms with Gasteiger partial charge in [0.1, 0.15) is 11.9 Å². The predicted octanol–water partition coefficient (Wildman–Crippen LogP) is 3.91. The fraction of sp³-hybridized carbons (Fsp3) is 0.364. The quantitative estimate of drug-likeness (QED) is 0.357. The number of carbonyl (C=O) groups is 3. The highest BCUT2D eigenvalue weighted by Gasteiger charge is 2.32. The van der Waals surface area contributed by atoms with E-state index < -0.39 is 12.1 Å². The van der Waals surface area contributed by atoms with Gasteiger partial charge in [-0.15, -0.1) is 0 Å². The molecule has 0 radical (unpaired) electrons. The Morgan fingerprint density at radius 2 is 1.70 bits per heavy atom. The largest absolute Gasteiger partial charge is 0.488 e. The number of hydrogen-bond donors (Lipinski definition) is 3. The number of hydrogen-bond acceptors (Lipinski definition) is 7. The molecule has 11 heteroatoms. The van der Waals surface area contributed by atoms with Gasteiger partial charge in [-0.1, -0.05) is 37.3 Å². The lowest BCUT2D eigenvalue weighted by molar-refractivity contribution is -0.134. The van der Waals surface area contributed by atoms with Crippen LogP contribution in [-0.2, 0) is 22.4 Å². The molecule has 0 saturated carbocycles. The lowest BCUT2D eigenvalue weighted by Crippen LogP contribution is -2.48. The number of ether oxygens (including phenoxy) is 3. The molecule has 2 heterocycles. The molecule has 0 spiro atoms. The van der Waals surface area contributed by atoms with E-state index >= 15 is 0 Å². The summed E-state index contributed by atoms with van der Waals surface area (Å²) in [6, 6.07) is 19.1. The van der Waals surface area contributed by atoms with E-state index in [2.05, 4.69) is 10.6 Å². The van der Waals surface area contributed by atoms with Crippen molar-refractivity contribution in [1.29, 1.82) is 0 Å². The highest BCUT2D eigenvalue weighted by atomic mass is 16.7. The van der Waals surface area contributed by atoms with Gasteiger partial charge in [0.15, 0.2) is 11.5 Å². The number of amides is 4. The first-order valence-electron chi connectivity index (χ1n) is 14.7. The van der Waals surface area contributed by atoms with Crippen LogP contribution in [0.25, 0.3) is 0 Å². The molecule has 0 saturated heterocycles. The van der Waals surface area contributed by atoms with Crippen molar-refractivity contribution in [2.75, 3.05) is 44.2 Å². The Morgan fingerprint density at radius 3 is 2.45 bits per heavy atom. The Hall–Kier alpha value is -4.77. The Kier molecular flexibility index (Phi) is 9.54. The Morgan fingerprint density at radius 1 is 1.00 bits per heavy atom. The second-order valence-corrected chi connectivity index (χ2v) is 11.3. The van der Waals surface area contributed by atoms with Gasteiger partial charge >= 0.3 is 6.03 Å². The van der Waals surface area contributed by atoms with Gasteiger partial charge in [0, 0.05) is 42.5 Å². The minimum atomic E-state index is -0.487. The van der Waals surface area contributed by atoms with Crippen molar-refractivity contribution < 1.29 is 33.7 Å². The van der Waals surface area contributed by atoms with Gasteiger partial charge in [-0.25, -0.2) is 4.79 Å². The van der Waals surface area contributed by atoms with E-state index in [0.29, 0.717) is 40.7 Å². The van der Waals surface area contributed by atoms with Crippen LogP contribution in [0.4, 0.5) is 16.2 Å². The zero-order chi connectivity index (χ0) is 31.2. The molecule has 5 rings (SSSR count). The molecule has 2 aliphatic rings. The molecule has 232 valence electrons. The van der Waals surface area contributed by atoms with Crippen LogP contribution in [0.3, 0.4) is 0 Å². The molecule has 2 aliphatic heterocycles. The van der Waals surface area contributed by atoms with E-state index in [-0.39, 0.29) is 56.5 Å². The maximum absolute atomic E-state index is 13.5. The number of likely N-dealkylation sites (N-methyl/N-ethyl adjacent to an activating group) is 1. The van der Waals surface area contributed by atoms with E-state index in [1.807, 2.05) is 37.3 Å². The van der Waals surface area contributed by atoms with Crippen molar-refractivity contribution in [3.63, 3.8) is 0 Å². The average Bonchev–Trinajstić information content (AvgIpc) is 3.49. The van der Waals surface area contributed by atoms with Gasteiger partial charge in [0.25, 0.3) is 0 Å². The van der Waals surface area contributed by atoms with Crippen LogP contribution >= 0.6 is 0 Å². The lowest BCUT2D eigenvalue weighted by Gasteiger charge is -2.34. The summed E-state index contributed by atoms with van der Waals surface area (Å²) >= 11 is 0. The molecular formula is C33H38N4O7.